The Kier molecular flexibility index (Phi) is 6.85. The van der Waals surface area contributed by atoms with Gasteiger partial charge in [0.05, 0.1) is 5.75 Å². The maximum absolute atomic E-state index is 11.6. The Balaban J connectivity index is 4.44. The first-order valence-corrected chi connectivity index (χ1v) is 7.24. The highest BCUT2D eigenvalue weighted by Gasteiger charge is 2.24. The van der Waals surface area contributed by atoms with E-state index < -0.39 is 28.0 Å². The lowest BCUT2D eigenvalue weighted by atomic mass is 10.1. The van der Waals surface area contributed by atoms with Gasteiger partial charge in [0, 0.05) is 6.42 Å². The molecule has 8 heteroatoms. The van der Waals surface area contributed by atoms with Crippen molar-refractivity contribution in [3.05, 3.63) is 0 Å². The van der Waals surface area contributed by atoms with Gasteiger partial charge in [-0.05, 0) is 18.8 Å². The molecule has 0 rings (SSSR count). The SMILES string of the molecule is CC(C)CS(=O)(=O)N[C@H](CCCC(=O)O)C(=O)O. The molecule has 0 aliphatic heterocycles. The van der Waals surface area contributed by atoms with Gasteiger partial charge in [0.2, 0.25) is 10.0 Å². The highest BCUT2D eigenvalue weighted by molar-refractivity contribution is 7.89. The fourth-order valence-electron chi connectivity index (χ4n) is 1.39. The van der Waals surface area contributed by atoms with Crippen molar-refractivity contribution in [3.8, 4) is 0 Å². The van der Waals surface area contributed by atoms with E-state index in [1.165, 1.54) is 0 Å². The molecular weight excluding hydrogens is 262 g/mol. The molecule has 0 aromatic rings. The molecule has 0 fully saturated rings. The molecule has 106 valence electrons. The van der Waals surface area contributed by atoms with Crippen molar-refractivity contribution < 1.29 is 28.2 Å². The van der Waals surface area contributed by atoms with E-state index in [0.29, 0.717) is 0 Å². The largest absolute Gasteiger partial charge is 0.481 e. The van der Waals surface area contributed by atoms with E-state index in [9.17, 15) is 18.0 Å². The zero-order valence-corrected chi connectivity index (χ0v) is 11.2. The summed E-state index contributed by atoms with van der Waals surface area (Å²) in [6, 6.07) is -1.27. The molecule has 0 aromatic carbocycles. The Morgan fingerprint density at radius 2 is 1.78 bits per heavy atom. The topological polar surface area (TPSA) is 121 Å². The highest BCUT2D eigenvalue weighted by Crippen LogP contribution is 2.05. The van der Waals surface area contributed by atoms with Crippen LogP contribution in [0.2, 0.25) is 0 Å². The van der Waals surface area contributed by atoms with Gasteiger partial charge in [-0.2, -0.15) is 0 Å². The Hall–Kier alpha value is -1.15. The first-order chi connectivity index (χ1) is 8.14. The van der Waals surface area contributed by atoms with Gasteiger partial charge in [0.25, 0.3) is 0 Å². The van der Waals surface area contributed by atoms with Crippen molar-refractivity contribution in [2.45, 2.75) is 39.2 Å². The summed E-state index contributed by atoms with van der Waals surface area (Å²) in [4.78, 5) is 21.2. The van der Waals surface area contributed by atoms with Crippen molar-refractivity contribution in [1.82, 2.24) is 4.72 Å². The number of hydrogen-bond donors (Lipinski definition) is 3. The van der Waals surface area contributed by atoms with Gasteiger partial charge in [-0.15, -0.1) is 0 Å². The molecule has 0 aliphatic rings. The lowest BCUT2D eigenvalue weighted by Gasteiger charge is -2.15. The minimum Gasteiger partial charge on any atom is -0.481 e. The minimum atomic E-state index is -3.65. The number of sulfonamides is 1. The Morgan fingerprint density at radius 3 is 2.17 bits per heavy atom. The van der Waals surface area contributed by atoms with Crippen molar-refractivity contribution in [2.75, 3.05) is 5.75 Å². The Labute approximate surface area is 106 Å². The molecule has 0 amide bonds. The van der Waals surface area contributed by atoms with E-state index in [-0.39, 0.29) is 30.9 Å². The average molecular weight is 281 g/mol. The molecule has 3 N–H and O–H groups in total. The fraction of sp³-hybridized carbons (Fsp3) is 0.800. The van der Waals surface area contributed by atoms with Crippen molar-refractivity contribution in [2.24, 2.45) is 5.92 Å². The van der Waals surface area contributed by atoms with Crippen LogP contribution in [0, 0.1) is 5.92 Å². The van der Waals surface area contributed by atoms with Crippen LogP contribution in [-0.4, -0.2) is 42.4 Å². The molecule has 0 unspecified atom stereocenters. The Bertz CT molecular complexity index is 389. The van der Waals surface area contributed by atoms with Gasteiger partial charge >= 0.3 is 11.9 Å². The quantitative estimate of drug-likeness (QED) is 0.558. The van der Waals surface area contributed by atoms with Crippen molar-refractivity contribution >= 4 is 22.0 Å². The molecule has 0 heterocycles. The van der Waals surface area contributed by atoms with Crippen LogP contribution < -0.4 is 4.72 Å². The Morgan fingerprint density at radius 1 is 1.22 bits per heavy atom. The molecule has 0 spiro atoms. The van der Waals surface area contributed by atoms with Crippen LogP contribution in [0.4, 0.5) is 0 Å². The normalized spacial score (nSPS) is 13.5. The summed E-state index contributed by atoms with van der Waals surface area (Å²) in [7, 11) is -3.65. The van der Waals surface area contributed by atoms with Crippen molar-refractivity contribution in [3.63, 3.8) is 0 Å². The third-order valence-electron chi connectivity index (χ3n) is 2.06. The predicted molar refractivity (Wildman–Crippen MR) is 64.7 cm³/mol. The molecule has 0 bridgehead atoms. The summed E-state index contributed by atoms with van der Waals surface area (Å²) in [6.45, 7) is 3.42. The summed E-state index contributed by atoms with van der Waals surface area (Å²) >= 11 is 0. The summed E-state index contributed by atoms with van der Waals surface area (Å²) in [5, 5.41) is 17.3. The third-order valence-corrected chi connectivity index (χ3v) is 3.81. The smallest absolute Gasteiger partial charge is 0.321 e. The minimum absolute atomic E-state index is 0.0427. The first kappa shape index (κ1) is 16.9. The van der Waals surface area contributed by atoms with E-state index in [1.54, 1.807) is 13.8 Å². The van der Waals surface area contributed by atoms with E-state index in [1.807, 2.05) is 0 Å². The standard InChI is InChI=1S/C10H19NO6S/c1-7(2)6-18(16,17)11-8(10(14)15)4-3-5-9(12)13/h7-8,11H,3-6H2,1-2H3,(H,12,13)(H,14,15)/t8-/m1/s1. The summed E-state index contributed by atoms with van der Waals surface area (Å²) in [5.41, 5.74) is 0. The van der Waals surface area contributed by atoms with Crippen LogP contribution in [0.3, 0.4) is 0 Å². The molecule has 0 saturated carbocycles. The summed E-state index contributed by atoms with van der Waals surface area (Å²) in [5.74, 6) is -2.61. The van der Waals surface area contributed by atoms with E-state index >= 15 is 0 Å². The number of rotatable bonds is 9. The van der Waals surface area contributed by atoms with Gasteiger partial charge in [-0.1, -0.05) is 13.8 Å². The number of aliphatic carboxylic acids is 2. The maximum Gasteiger partial charge on any atom is 0.321 e. The number of carbonyl (C=O) groups is 2. The maximum atomic E-state index is 11.6. The third kappa shape index (κ3) is 8.02. The van der Waals surface area contributed by atoms with E-state index in [0.717, 1.165) is 0 Å². The highest BCUT2D eigenvalue weighted by atomic mass is 32.2. The molecule has 0 aromatic heterocycles. The second-order valence-electron chi connectivity index (χ2n) is 4.47. The van der Waals surface area contributed by atoms with Crippen LogP contribution in [0.25, 0.3) is 0 Å². The van der Waals surface area contributed by atoms with Gasteiger partial charge in [0.15, 0.2) is 0 Å². The fourth-order valence-corrected chi connectivity index (χ4v) is 3.02. The zero-order chi connectivity index (χ0) is 14.3. The zero-order valence-electron chi connectivity index (χ0n) is 10.4. The molecule has 0 saturated heterocycles. The first-order valence-electron chi connectivity index (χ1n) is 5.58. The second-order valence-corrected chi connectivity index (χ2v) is 6.27. The van der Waals surface area contributed by atoms with Crippen LogP contribution in [0.15, 0.2) is 0 Å². The van der Waals surface area contributed by atoms with Crippen LogP contribution in [0.1, 0.15) is 33.1 Å². The number of carboxylic acids is 2. The number of hydrogen-bond acceptors (Lipinski definition) is 4. The molecule has 1 atom stereocenters. The molecular formula is C10H19NO6S. The van der Waals surface area contributed by atoms with Crippen LogP contribution in [0.5, 0.6) is 0 Å². The van der Waals surface area contributed by atoms with E-state index in [4.69, 9.17) is 10.2 Å². The number of carboxylic acid groups (broad SMARTS) is 2. The van der Waals surface area contributed by atoms with Gasteiger partial charge in [-0.3, -0.25) is 9.59 Å². The summed E-state index contributed by atoms with van der Waals surface area (Å²) < 4.78 is 25.2. The molecule has 0 aliphatic carbocycles. The predicted octanol–water partition coefficient (Wildman–Crippen LogP) is 0.270. The average Bonchev–Trinajstić information content (AvgIpc) is 2.12. The molecule has 7 nitrogen and oxygen atoms in total. The van der Waals surface area contributed by atoms with E-state index in [2.05, 4.69) is 4.72 Å². The van der Waals surface area contributed by atoms with Gasteiger partial charge in [0.1, 0.15) is 6.04 Å². The summed E-state index contributed by atoms with van der Waals surface area (Å²) in [6.07, 6.45) is -0.120. The van der Waals surface area contributed by atoms with Gasteiger partial charge in [-0.25, -0.2) is 13.1 Å². The van der Waals surface area contributed by atoms with Crippen molar-refractivity contribution in [1.29, 1.82) is 0 Å². The second kappa shape index (κ2) is 7.32. The monoisotopic (exact) mass is 281 g/mol. The van der Waals surface area contributed by atoms with Crippen LogP contribution >= 0.6 is 0 Å². The lowest BCUT2D eigenvalue weighted by molar-refractivity contribution is -0.140. The lowest BCUT2D eigenvalue weighted by Crippen LogP contribution is -2.42. The number of nitrogens with one attached hydrogen (secondary N) is 1. The van der Waals surface area contributed by atoms with Gasteiger partial charge < -0.3 is 10.2 Å². The van der Waals surface area contributed by atoms with Crippen LogP contribution in [-0.2, 0) is 19.6 Å². The molecule has 0 radical (unpaired) electrons. The molecule has 18 heavy (non-hydrogen) atoms.